The first-order valence-electron chi connectivity index (χ1n) is 20.1. The van der Waals surface area contributed by atoms with E-state index in [1.165, 1.54) is 19.2 Å². The quantitative estimate of drug-likeness (QED) is 0.0824. The molecular weight excluding hydrogens is 763 g/mol. The van der Waals surface area contributed by atoms with E-state index in [1.54, 1.807) is 41.6 Å². The molecule has 1 aromatic heterocycles. The molecule has 3 aromatic rings. The number of amides is 2. The van der Waals surface area contributed by atoms with Crippen LogP contribution in [0.1, 0.15) is 89.2 Å². The number of ether oxygens (including phenoxy) is 3. The largest absolute Gasteiger partial charge is 0.491 e. The molecule has 2 amide bonds. The first kappa shape index (κ1) is 44.3. The first-order chi connectivity index (χ1) is 27.6. The predicted octanol–water partition coefficient (Wildman–Crippen LogP) is 7.11. The van der Waals surface area contributed by atoms with Gasteiger partial charge in [0, 0.05) is 68.8 Å². The van der Waals surface area contributed by atoms with Crippen LogP contribution in [0.25, 0.3) is 11.1 Å². The lowest BCUT2D eigenvalue weighted by atomic mass is 9.84. The Morgan fingerprint density at radius 3 is 2.24 bits per heavy atom. The minimum absolute atomic E-state index is 0.00321. The third kappa shape index (κ3) is 13.1. The normalized spacial score (nSPS) is 17.0. The van der Waals surface area contributed by atoms with Crippen molar-refractivity contribution >= 4 is 33.9 Å². The van der Waals surface area contributed by atoms with Crippen molar-refractivity contribution in [1.82, 2.24) is 14.8 Å². The minimum atomic E-state index is -3.89. The molecule has 3 heterocycles. The van der Waals surface area contributed by atoms with Crippen LogP contribution in [0.5, 0.6) is 5.75 Å². The van der Waals surface area contributed by atoms with Crippen molar-refractivity contribution in [3.63, 3.8) is 0 Å². The molecule has 0 radical (unpaired) electrons. The molecule has 0 saturated carbocycles. The van der Waals surface area contributed by atoms with Crippen LogP contribution in [-0.4, -0.2) is 99.1 Å². The van der Waals surface area contributed by atoms with E-state index in [2.05, 4.69) is 4.98 Å². The number of carbonyl (C=O) groups is 4. The molecule has 2 aliphatic rings. The van der Waals surface area contributed by atoms with E-state index in [4.69, 9.17) is 18.4 Å². The van der Waals surface area contributed by atoms with Gasteiger partial charge in [0.25, 0.3) is 10.1 Å². The van der Waals surface area contributed by atoms with Gasteiger partial charge in [-0.05, 0) is 107 Å². The van der Waals surface area contributed by atoms with Crippen LogP contribution in [-0.2, 0) is 38.2 Å². The molecule has 58 heavy (non-hydrogen) atoms. The average Bonchev–Trinajstić information content (AvgIpc) is 3.21. The summed E-state index contributed by atoms with van der Waals surface area (Å²) >= 11 is 0. The maximum absolute atomic E-state index is 13.8. The Kier molecular flexibility index (Phi) is 15.5. The molecule has 0 N–H and O–H groups in total. The predicted molar refractivity (Wildman–Crippen MR) is 218 cm³/mol. The lowest BCUT2D eigenvalue weighted by molar-refractivity contribution is -0.141. The van der Waals surface area contributed by atoms with Crippen molar-refractivity contribution < 1.29 is 46.0 Å². The number of aryl methyl sites for hydroxylation is 1. The van der Waals surface area contributed by atoms with Gasteiger partial charge in [-0.2, -0.15) is 8.42 Å². The molecule has 5 rings (SSSR count). The minimum Gasteiger partial charge on any atom is -0.491 e. The van der Waals surface area contributed by atoms with Crippen LogP contribution in [0.2, 0.25) is 0 Å². The standard InChI is InChI=1S/C44H57N3O10S/c1-31-8-15-39(16-9-31)58(52,53)56-24-23-55-38-13-11-33(12-14-38)36-25-37(29-45-28-36)35(27-42(50)54-5)26-40(48)34-7-6-20-47(30-34)41(49)17-10-32-18-21-46(22-19-32)43(51)57-44(2,3)4/h8-9,11-16,25,28-29,32,34-35H,6-7,10,17-24,26-27,30H2,1-5H3/t34-,35?/m1/s1. The maximum atomic E-state index is 13.8. The third-order valence-corrected chi connectivity index (χ3v) is 12.0. The van der Waals surface area contributed by atoms with E-state index in [0.29, 0.717) is 50.7 Å². The summed E-state index contributed by atoms with van der Waals surface area (Å²) < 4.78 is 46.2. The van der Waals surface area contributed by atoms with Crippen molar-refractivity contribution in [1.29, 1.82) is 0 Å². The Bertz CT molecular complexity index is 1970. The second kappa shape index (κ2) is 20.2. The van der Waals surface area contributed by atoms with Crippen molar-refractivity contribution in [2.45, 2.75) is 95.5 Å². The Morgan fingerprint density at radius 1 is 0.862 bits per heavy atom. The van der Waals surface area contributed by atoms with Gasteiger partial charge in [0.05, 0.1) is 18.4 Å². The van der Waals surface area contributed by atoms with Gasteiger partial charge in [-0.1, -0.05) is 29.8 Å². The number of Topliss-reactive ketones (excluding diaryl/α,β-unsaturated/α-hetero) is 1. The fourth-order valence-electron chi connectivity index (χ4n) is 7.34. The molecule has 2 saturated heterocycles. The van der Waals surface area contributed by atoms with Crippen LogP contribution in [0.4, 0.5) is 4.79 Å². The summed E-state index contributed by atoms with van der Waals surface area (Å²) in [6, 6.07) is 15.6. The van der Waals surface area contributed by atoms with E-state index < -0.39 is 27.6 Å². The second-order valence-corrected chi connectivity index (χ2v) is 17.9. The molecule has 2 aromatic carbocycles. The summed E-state index contributed by atoms with van der Waals surface area (Å²) in [5.74, 6) is -0.302. The Balaban J connectivity index is 1.12. The number of piperidine rings is 2. The summed E-state index contributed by atoms with van der Waals surface area (Å²) in [5.41, 5.74) is 2.75. The number of hydrogen-bond donors (Lipinski definition) is 0. The third-order valence-electron chi connectivity index (χ3n) is 10.7. The number of aromatic nitrogens is 1. The van der Waals surface area contributed by atoms with Crippen molar-refractivity contribution in [2.75, 3.05) is 46.5 Å². The SMILES string of the molecule is COC(=O)CC(CC(=O)[C@@H]1CCCN(C(=O)CCC2CCN(C(=O)OC(C)(C)C)CC2)C1)c1cncc(-c2ccc(OCCOS(=O)(=O)c3ccc(C)cc3)cc2)c1. The Labute approximate surface area is 342 Å². The fraction of sp³-hybridized carbons (Fsp3) is 0.523. The number of hydrogen-bond acceptors (Lipinski definition) is 11. The van der Waals surface area contributed by atoms with Gasteiger partial charge in [0.2, 0.25) is 5.91 Å². The first-order valence-corrected chi connectivity index (χ1v) is 21.5. The molecule has 2 fully saturated rings. The number of likely N-dealkylation sites (tertiary alicyclic amines) is 2. The van der Waals surface area contributed by atoms with Gasteiger partial charge in [0.1, 0.15) is 30.3 Å². The fourth-order valence-corrected chi connectivity index (χ4v) is 8.24. The molecule has 2 aliphatic heterocycles. The molecule has 1 unspecified atom stereocenters. The number of nitrogens with zero attached hydrogens (tertiary/aromatic N) is 3. The smallest absolute Gasteiger partial charge is 0.410 e. The van der Waals surface area contributed by atoms with Gasteiger partial charge in [-0.25, -0.2) is 4.79 Å². The van der Waals surface area contributed by atoms with Crippen molar-refractivity contribution in [3.8, 4) is 16.9 Å². The number of esters is 1. The van der Waals surface area contributed by atoms with Crippen LogP contribution in [0.15, 0.2) is 71.9 Å². The van der Waals surface area contributed by atoms with Gasteiger partial charge in [0.15, 0.2) is 0 Å². The molecule has 0 spiro atoms. The lowest BCUT2D eigenvalue weighted by Crippen LogP contribution is -2.43. The molecular formula is C44H57N3O10S. The highest BCUT2D eigenvalue weighted by atomic mass is 32.2. The van der Waals surface area contributed by atoms with E-state index in [0.717, 1.165) is 47.9 Å². The second-order valence-electron chi connectivity index (χ2n) is 16.2. The lowest BCUT2D eigenvalue weighted by Gasteiger charge is -2.35. The monoisotopic (exact) mass is 819 g/mol. The van der Waals surface area contributed by atoms with E-state index >= 15 is 0 Å². The van der Waals surface area contributed by atoms with Crippen molar-refractivity contribution in [2.24, 2.45) is 11.8 Å². The molecule has 0 bridgehead atoms. The van der Waals surface area contributed by atoms with Crippen LogP contribution in [0, 0.1) is 18.8 Å². The number of carbonyl (C=O) groups excluding carboxylic acids is 4. The molecule has 0 aliphatic carbocycles. The van der Waals surface area contributed by atoms with Gasteiger partial charge < -0.3 is 24.0 Å². The van der Waals surface area contributed by atoms with Gasteiger partial charge in [-0.3, -0.25) is 23.6 Å². The van der Waals surface area contributed by atoms with E-state index in [-0.39, 0.29) is 54.7 Å². The number of rotatable bonds is 16. The van der Waals surface area contributed by atoms with E-state index in [9.17, 15) is 27.6 Å². The van der Waals surface area contributed by atoms with Gasteiger partial charge in [-0.15, -0.1) is 0 Å². The zero-order chi connectivity index (χ0) is 41.9. The Morgan fingerprint density at radius 2 is 1.57 bits per heavy atom. The van der Waals surface area contributed by atoms with Crippen LogP contribution in [0.3, 0.4) is 0 Å². The number of pyridine rings is 1. The average molecular weight is 820 g/mol. The van der Waals surface area contributed by atoms with E-state index in [1.807, 2.05) is 50.8 Å². The highest BCUT2D eigenvalue weighted by Gasteiger charge is 2.32. The van der Waals surface area contributed by atoms with Crippen LogP contribution < -0.4 is 4.74 Å². The zero-order valence-electron chi connectivity index (χ0n) is 34.3. The highest BCUT2D eigenvalue weighted by Crippen LogP contribution is 2.32. The molecule has 14 heteroatoms. The van der Waals surface area contributed by atoms with Crippen molar-refractivity contribution in [3.05, 3.63) is 78.1 Å². The molecule has 314 valence electrons. The molecule has 2 atom stereocenters. The summed E-state index contributed by atoms with van der Waals surface area (Å²) in [7, 11) is -2.57. The summed E-state index contributed by atoms with van der Waals surface area (Å²) in [5, 5.41) is 0. The van der Waals surface area contributed by atoms with Gasteiger partial charge >= 0.3 is 12.1 Å². The zero-order valence-corrected chi connectivity index (χ0v) is 35.1. The molecule has 13 nitrogen and oxygen atoms in total. The summed E-state index contributed by atoms with van der Waals surface area (Å²) in [4.78, 5) is 60.2. The topological polar surface area (TPSA) is 159 Å². The number of methoxy groups -OCH3 is 1. The number of benzene rings is 2. The highest BCUT2D eigenvalue weighted by molar-refractivity contribution is 7.86. The summed E-state index contributed by atoms with van der Waals surface area (Å²) in [6.07, 6.45) is 7.40. The van der Waals surface area contributed by atoms with Crippen LogP contribution >= 0.6 is 0 Å². The number of ketones is 1. The maximum Gasteiger partial charge on any atom is 0.410 e. The Hall–Kier alpha value is -4.82. The summed E-state index contributed by atoms with van der Waals surface area (Å²) in [6.45, 7) is 9.51.